The van der Waals surface area contributed by atoms with Gasteiger partial charge in [-0.3, -0.25) is 19.7 Å². The Balaban J connectivity index is 1.86. The number of anilines is 1. The molecule has 11 heteroatoms. The van der Waals surface area contributed by atoms with Crippen LogP contribution in [0, 0.1) is 16.0 Å². The van der Waals surface area contributed by atoms with E-state index in [2.05, 4.69) is 10.6 Å². The largest absolute Gasteiger partial charge is 0.481 e. The quantitative estimate of drug-likeness (QED) is 0.497. The fourth-order valence-electron chi connectivity index (χ4n) is 2.56. The molecule has 2 rings (SSSR count). The molecule has 0 aliphatic heterocycles. The van der Waals surface area contributed by atoms with Gasteiger partial charge in [0.25, 0.3) is 5.69 Å². The zero-order valence-electron chi connectivity index (χ0n) is 13.4. The molecule has 1 aromatic rings. The average molecular weight is 375 g/mol. The van der Waals surface area contributed by atoms with Crippen molar-refractivity contribution in [3.63, 3.8) is 0 Å². The van der Waals surface area contributed by atoms with E-state index in [-0.39, 0.29) is 30.6 Å². The van der Waals surface area contributed by atoms with Crippen LogP contribution in [0.25, 0.3) is 0 Å². The standard InChI is InChI=1S/C15H16F3N3O5/c16-15(17,18)9-1-2-11(12(7-9)21(25)26)19-4-3-13(22)20-10-5-8(6-10)14(23)24/h1-2,7-8,10,19H,3-6H2,(H,20,22)(H,23,24). The Bertz CT molecular complexity index is 717. The summed E-state index contributed by atoms with van der Waals surface area (Å²) in [5, 5.41) is 24.9. The molecule has 0 radical (unpaired) electrons. The molecule has 1 fully saturated rings. The van der Waals surface area contributed by atoms with Crippen molar-refractivity contribution in [3.8, 4) is 0 Å². The number of hydrogen-bond acceptors (Lipinski definition) is 5. The summed E-state index contributed by atoms with van der Waals surface area (Å²) >= 11 is 0. The van der Waals surface area contributed by atoms with Gasteiger partial charge in [-0.05, 0) is 25.0 Å². The highest BCUT2D eigenvalue weighted by Crippen LogP contribution is 2.35. The molecule has 0 bridgehead atoms. The fraction of sp³-hybridized carbons (Fsp3) is 0.467. The number of nitro groups is 1. The van der Waals surface area contributed by atoms with Gasteiger partial charge in [0.05, 0.1) is 16.4 Å². The normalized spacial score (nSPS) is 19.3. The zero-order valence-corrected chi connectivity index (χ0v) is 13.4. The zero-order chi connectivity index (χ0) is 19.5. The number of rotatable bonds is 7. The second kappa shape index (κ2) is 7.58. The predicted molar refractivity (Wildman–Crippen MR) is 83.5 cm³/mol. The summed E-state index contributed by atoms with van der Waals surface area (Å²) in [7, 11) is 0. The molecule has 1 saturated carbocycles. The summed E-state index contributed by atoms with van der Waals surface area (Å²) < 4.78 is 37.9. The Morgan fingerprint density at radius 1 is 1.31 bits per heavy atom. The van der Waals surface area contributed by atoms with Gasteiger partial charge in [-0.15, -0.1) is 0 Å². The molecule has 142 valence electrons. The molecule has 0 aromatic heterocycles. The van der Waals surface area contributed by atoms with Crippen molar-refractivity contribution >= 4 is 23.3 Å². The van der Waals surface area contributed by atoms with Gasteiger partial charge in [-0.2, -0.15) is 13.2 Å². The lowest BCUT2D eigenvalue weighted by Gasteiger charge is -2.32. The van der Waals surface area contributed by atoms with E-state index in [0.717, 1.165) is 12.1 Å². The Morgan fingerprint density at radius 3 is 2.50 bits per heavy atom. The number of aliphatic carboxylic acids is 1. The summed E-state index contributed by atoms with van der Waals surface area (Å²) in [4.78, 5) is 32.4. The van der Waals surface area contributed by atoms with E-state index in [1.165, 1.54) is 0 Å². The summed E-state index contributed by atoms with van der Waals surface area (Å²) in [6.07, 6.45) is -4.07. The van der Waals surface area contributed by atoms with Crippen LogP contribution in [0.1, 0.15) is 24.8 Å². The summed E-state index contributed by atoms with van der Waals surface area (Å²) in [5.74, 6) is -1.75. The van der Waals surface area contributed by atoms with Crippen molar-refractivity contribution in [2.24, 2.45) is 5.92 Å². The summed E-state index contributed by atoms with van der Waals surface area (Å²) in [5.41, 5.74) is -1.99. The molecule has 26 heavy (non-hydrogen) atoms. The van der Waals surface area contributed by atoms with Crippen LogP contribution in [0.15, 0.2) is 18.2 Å². The van der Waals surface area contributed by atoms with E-state index >= 15 is 0 Å². The van der Waals surface area contributed by atoms with Crippen molar-refractivity contribution in [1.82, 2.24) is 5.32 Å². The maximum Gasteiger partial charge on any atom is 0.416 e. The molecular weight excluding hydrogens is 359 g/mol. The van der Waals surface area contributed by atoms with Gasteiger partial charge in [-0.25, -0.2) is 0 Å². The lowest BCUT2D eigenvalue weighted by atomic mass is 9.80. The van der Waals surface area contributed by atoms with E-state index in [1.54, 1.807) is 0 Å². The first-order chi connectivity index (χ1) is 12.1. The van der Waals surface area contributed by atoms with Gasteiger partial charge in [0, 0.05) is 25.1 Å². The fourth-order valence-corrected chi connectivity index (χ4v) is 2.56. The number of nitrogens with one attached hydrogen (secondary N) is 2. The number of carboxylic acid groups (broad SMARTS) is 1. The molecule has 0 spiro atoms. The van der Waals surface area contributed by atoms with Crippen molar-refractivity contribution in [1.29, 1.82) is 0 Å². The molecule has 0 atom stereocenters. The molecule has 1 aliphatic rings. The lowest BCUT2D eigenvalue weighted by molar-refractivity contribution is -0.384. The molecule has 1 aromatic carbocycles. The van der Waals surface area contributed by atoms with Crippen molar-refractivity contribution in [2.45, 2.75) is 31.5 Å². The molecule has 0 unspecified atom stereocenters. The van der Waals surface area contributed by atoms with Crippen LogP contribution in [-0.4, -0.2) is 34.5 Å². The van der Waals surface area contributed by atoms with Crippen molar-refractivity contribution in [2.75, 3.05) is 11.9 Å². The van der Waals surface area contributed by atoms with Gasteiger partial charge >= 0.3 is 12.1 Å². The minimum atomic E-state index is -4.69. The number of hydrogen-bond donors (Lipinski definition) is 3. The highest BCUT2D eigenvalue weighted by atomic mass is 19.4. The van der Waals surface area contributed by atoms with Crippen molar-refractivity contribution in [3.05, 3.63) is 33.9 Å². The van der Waals surface area contributed by atoms with E-state index in [4.69, 9.17) is 5.11 Å². The van der Waals surface area contributed by atoms with Crippen LogP contribution >= 0.6 is 0 Å². The van der Waals surface area contributed by atoms with E-state index in [9.17, 15) is 32.9 Å². The first kappa shape index (κ1) is 19.5. The van der Waals surface area contributed by atoms with Gasteiger partial charge in [0.15, 0.2) is 0 Å². The number of carbonyl (C=O) groups excluding carboxylic acids is 1. The third-order valence-electron chi connectivity index (χ3n) is 4.04. The van der Waals surface area contributed by atoms with Gasteiger partial charge < -0.3 is 15.7 Å². The minimum absolute atomic E-state index is 0.0207. The third kappa shape index (κ3) is 4.83. The second-order valence-corrected chi connectivity index (χ2v) is 5.93. The first-order valence-electron chi connectivity index (χ1n) is 7.69. The van der Waals surface area contributed by atoms with E-state index in [1.807, 2.05) is 0 Å². The molecule has 0 heterocycles. The second-order valence-electron chi connectivity index (χ2n) is 5.93. The number of benzene rings is 1. The number of nitro benzene ring substituents is 1. The van der Waals surface area contributed by atoms with Crippen LogP contribution in [-0.2, 0) is 15.8 Å². The molecule has 0 saturated heterocycles. The van der Waals surface area contributed by atoms with Crippen molar-refractivity contribution < 1.29 is 32.8 Å². The minimum Gasteiger partial charge on any atom is -0.481 e. The topological polar surface area (TPSA) is 122 Å². The van der Waals surface area contributed by atoms with E-state index < -0.39 is 34.2 Å². The number of carbonyl (C=O) groups is 2. The summed E-state index contributed by atoms with van der Waals surface area (Å²) in [6, 6.07) is 1.88. The van der Waals surface area contributed by atoms with Gasteiger partial charge in [0.2, 0.25) is 5.91 Å². The smallest absolute Gasteiger partial charge is 0.416 e. The highest BCUT2D eigenvalue weighted by molar-refractivity contribution is 5.78. The molecule has 1 aliphatic carbocycles. The Morgan fingerprint density at radius 2 is 1.96 bits per heavy atom. The Labute approximate surface area is 145 Å². The molecule has 1 amide bonds. The summed E-state index contributed by atoms with van der Waals surface area (Å²) in [6.45, 7) is -0.0207. The van der Waals surface area contributed by atoms with Gasteiger partial charge in [-0.1, -0.05) is 0 Å². The van der Waals surface area contributed by atoms with Crippen LogP contribution in [0.5, 0.6) is 0 Å². The lowest BCUT2D eigenvalue weighted by Crippen LogP contribution is -2.46. The maximum absolute atomic E-state index is 12.6. The van der Waals surface area contributed by atoms with E-state index in [0.29, 0.717) is 18.9 Å². The molecule has 3 N–H and O–H groups in total. The van der Waals surface area contributed by atoms with Crippen LogP contribution < -0.4 is 10.6 Å². The number of nitrogens with zero attached hydrogens (tertiary/aromatic N) is 1. The number of carboxylic acids is 1. The number of alkyl halides is 3. The number of amides is 1. The number of halogens is 3. The maximum atomic E-state index is 12.6. The highest BCUT2D eigenvalue weighted by Gasteiger charge is 2.35. The SMILES string of the molecule is O=C(CCNc1ccc(C(F)(F)F)cc1[N+](=O)[O-])NC1CC(C(=O)O)C1. The third-order valence-corrected chi connectivity index (χ3v) is 4.04. The van der Waals surface area contributed by atoms with Crippen LogP contribution in [0.2, 0.25) is 0 Å². The monoisotopic (exact) mass is 375 g/mol. The molecular formula is C15H16F3N3O5. The van der Waals surface area contributed by atoms with Crippen LogP contribution in [0.3, 0.4) is 0 Å². The Hall–Kier alpha value is -2.85. The van der Waals surface area contributed by atoms with Crippen LogP contribution in [0.4, 0.5) is 24.5 Å². The van der Waals surface area contributed by atoms with Gasteiger partial charge in [0.1, 0.15) is 5.69 Å². The predicted octanol–water partition coefficient (Wildman–Crippen LogP) is 2.40. The molecule has 8 nitrogen and oxygen atoms in total. The Kier molecular flexibility index (Phi) is 5.68. The average Bonchev–Trinajstić information content (AvgIpc) is 2.49. The first-order valence-corrected chi connectivity index (χ1v) is 7.69.